The van der Waals surface area contributed by atoms with E-state index >= 15 is 0 Å². The summed E-state index contributed by atoms with van der Waals surface area (Å²) in [6.07, 6.45) is 0. The highest BCUT2D eigenvalue weighted by molar-refractivity contribution is 6.59. The van der Waals surface area contributed by atoms with Crippen LogP contribution in [0.4, 0.5) is 0 Å². The lowest BCUT2D eigenvalue weighted by atomic mass is 9.91. The van der Waals surface area contributed by atoms with Crippen LogP contribution in [0.25, 0.3) is 0 Å². The van der Waals surface area contributed by atoms with Gasteiger partial charge in [0.15, 0.2) is 0 Å². The Morgan fingerprint density at radius 2 is 1.05 bits per heavy atom. The molecule has 0 spiro atoms. The van der Waals surface area contributed by atoms with Crippen LogP contribution in [0, 0.1) is 41.4 Å². The molecule has 1 aliphatic rings. The Balaban J connectivity index is 2.67. The Bertz CT molecular complexity index is 234. The molecule has 1 heteroatoms. The summed E-state index contributed by atoms with van der Waals surface area (Å²) in [5.41, 5.74) is 0. The van der Waals surface area contributed by atoms with E-state index in [9.17, 15) is 0 Å². The van der Waals surface area contributed by atoms with Crippen molar-refractivity contribution in [1.29, 1.82) is 0 Å². The van der Waals surface area contributed by atoms with E-state index in [4.69, 9.17) is 0 Å². The van der Waals surface area contributed by atoms with Crippen molar-refractivity contribution < 1.29 is 0 Å². The van der Waals surface area contributed by atoms with E-state index in [1.165, 1.54) is 27.7 Å². The zero-order valence-corrected chi connectivity index (χ0v) is 15.5. The van der Waals surface area contributed by atoms with Crippen LogP contribution in [-0.2, 0) is 0 Å². The highest BCUT2D eigenvalue weighted by Gasteiger charge is 2.44. The summed E-state index contributed by atoms with van der Waals surface area (Å²) in [6.45, 7) is 18.8. The molecule has 0 heterocycles. The number of hydrogen-bond acceptors (Lipinski definition) is 0. The Morgan fingerprint density at radius 3 is 1.37 bits per heavy atom. The maximum absolute atomic E-state index is 2.39. The first kappa shape index (κ1) is 17.6. The van der Waals surface area contributed by atoms with Crippen molar-refractivity contribution in [3.05, 3.63) is 29.6 Å². The Hall–Kier alpha value is 0.532. The van der Waals surface area contributed by atoms with Crippen molar-refractivity contribution >= 4 is 14.1 Å². The van der Waals surface area contributed by atoms with Crippen molar-refractivity contribution in [3.8, 4) is 0 Å². The fraction of sp³-hybridized carbons (Fsp3) is 0.722. The van der Waals surface area contributed by atoms with Gasteiger partial charge in [-0.05, 0) is 29.6 Å². The molecular formula is C18H32Al. The summed E-state index contributed by atoms with van der Waals surface area (Å²) in [5, 5.41) is 4.42. The minimum absolute atomic E-state index is 0.640. The average Bonchev–Trinajstić information content (AvgIpc) is 2.45. The van der Waals surface area contributed by atoms with Crippen molar-refractivity contribution in [1.82, 2.24) is 0 Å². The first-order valence-electron chi connectivity index (χ1n) is 7.95. The summed E-state index contributed by atoms with van der Waals surface area (Å²) in [7, 11) is 0. The van der Waals surface area contributed by atoms with E-state index < -0.39 is 14.1 Å². The van der Waals surface area contributed by atoms with Gasteiger partial charge >= 0.3 is 0 Å². The Morgan fingerprint density at radius 1 is 0.684 bits per heavy atom. The lowest BCUT2D eigenvalue weighted by molar-refractivity contribution is 0.686. The van der Waals surface area contributed by atoms with Crippen molar-refractivity contribution in [2.45, 2.75) is 71.2 Å². The number of rotatable bonds is 6. The molecule has 1 fully saturated rings. The number of hydrogen-bond donors (Lipinski definition) is 0. The molecule has 0 atom stereocenters. The molecule has 107 valence electrons. The second-order valence-electron chi connectivity index (χ2n) is 7.31. The third-order valence-electron chi connectivity index (χ3n) is 4.70. The minimum atomic E-state index is -0.640. The van der Waals surface area contributed by atoms with Crippen LogP contribution in [0.5, 0.6) is 0 Å². The topological polar surface area (TPSA) is 0 Å². The molecule has 1 aliphatic carbocycles. The third kappa shape index (κ3) is 4.79. The first-order valence-corrected chi connectivity index (χ1v) is 10.4. The largest absolute Gasteiger partial charge is 0.263 e. The van der Waals surface area contributed by atoms with Gasteiger partial charge in [0.25, 0.3) is 14.1 Å². The van der Waals surface area contributed by atoms with Crippen molar-refractivity contribution in [2.75, 3.05) is 0 Å². The molecule has 0 N–H and O–H groups in total. The van der Waals surface area contributed by atoms with Crippen LogP contribution in [0.15, 0.2) is 0 Å². The second-order valence-corrected chi connectivity index (χ2v) is 10.4. The van der Waals surface area contributed by atoms with Crippen LogP contribution in [0.1, 0.15) is 55.4 Å². The van der Waals surface area contributed by atoms with Crippen LogP contribution in [0.3, 0.4) is 0 Å². The third-order valence-corrected chi connectivity index (χ3v) is 8.90. The predicted octanol–water partition coefficient (Wildman–Crippen LogP) is 5.76. The fourth-order valence-electron chi connectivity index (χ4n) is 3.49. The summed E-state index contributed by atoms with van der Waals surface area (Å²) >= 11 is -0.640. The van der Waals surface area contributed by atoms with Crippen molar-refractivity contribution in [3.63, 3.8) is 0 Å². The molecule has 0 aromatic rings. The monoisotopic (exact) mass is 275 g/mol. The van der Waals surface area contributed by atoms with Gasteiger partial charge < -0.3 is 0 Å². The van der Waals surface area contributed by atoms with E-state index in [-0.39, 0.29) is 0 Å². The second kappa shape index (κ2) is 7.52. The maximum Gasteiger partial charge on any atom is 0.263 e. The molecule has 5 radical (unpaired) electrons. The van der Waals surface area contributed by atoms with Gasteiger partial charge in [0.05, 0.1) is 0 Å². The van der Waals surface area contributed by atoms with Crippen molar-refractivity contribution in [2.24, 2.45) is 11.8 Å². The summed E-state index contributed by atoms with van der Waals surface area (Å²) in [6, 6.07) is 0. The highest BCUT2D eigenvalue weighted by atomic mass is 27.2. The normalized spacial score (nSPS) is 21.2. The van der Waals surface area contributed by atoms with Gasteiger partial charge in [-0.15, -0.1) is 0 Å². The van der Waals surface area contributed by atoms with E-state index in [0.29, 0.717) is 0 Å². The highest BCUT2D eigenvalue weighted by Crippen LogP contribution is 2.54. The molecule has 0 saturated heterocycles. The molecule has 0 aliphatic heterocycles. The standard InChI is InChI=1S/C10H14.2C4H9.Al/c1-6-7(2)9(4)10(5)8(6)3;2*1-4(2)3;/h1H2,2-5H3;2*4H,1H2,2-3H3;. The first-order chi connectivity index (χ1) is 8.73. The minimum Gasteiger partial charge on any atom is -0.0915 e. The molecule has 0 unspecified atom stereocenters. The van der Waals surface area contributed by atoms with Gasteiger partial charge in [0.1, 0.15) is 0 Å². The average molecular weight is 275 g/mol. The van der Waals surface area contributed by atoms with Crippen LogP contribution >= 0.6 is 0 Å². The molecule has 1 saturated carbocycles. The van der Waals surface area contributed by atoms with Crippen LogP contribution in [0.2, 0.25) is 15.8 Å². The molecule has 0 aromatic carbocycles. The summed E-state index contributed by atoms with van der Waals surface area (Å²) in [5.74, 6) is 9.68. The van der Waals surface area contributed by atoms with E-state index in [0.717, 1.165) is 11.8 Å². The fourth-order valence-corrected chi connectivity index (χ4v) is 7.87. The Kier molecular flexibility index (Phi) is 6.95. The zero-order valence-electron chi connectivity index (χ0n) is 14.4. The molecule has 19 heavy (non-hydrogen) atoms. The van der Waals surface area contributed by atoms with Gasteiger partial charge in [0.2, 0.25) is 0 Å². The van der Waals surface area contributed by atoms with E-state index in [1.54, 1.807) is 17.8 Å². The lowest BCUT2D eigenvalue weighted by Gasteiger charge is -2.25. The van der Waals surface area contributed by atoms with Gasteiger partial charge in [-0.1, -0.05) is 83.1 Å². The zero-order chi connectivity index (χ0) is 14.7. The van der Waals surface area contributed by atoms with Crippen LogP contribution in [-0.4, -0.2) is 14.1 Å². The van der Waals surface area contributed by atoms with Gasteiger partial charge in [-0.25, -0.2) is 0 Å². The van der Waals surface area contributed by atoms with E-state index in [2.05, 4.69) is 55.4 Å². The Labute approximate surface area is 127 Å². The maximum atomic E-state index is 2.39. The molecule has 0 bridgehead atoms. The van der Waals surface area contributed by atoms with Gasteiger partial charge in [-0.2, -0.15) is 0 Å². The SMILES string of the molecule is C[C]1[C](C)[C](C)[C]([CH2][Al]([CH2]C(C)C)[CH2]C(C)C)[C]1C. The summed E-state index contributed by atoms with van der Waals surface area (Å²) in [4.78, 5) is 0. The smallest absolute Gasteiger partial charge is 0.0915 e. The molecule has 0 amide bonds. The molecule has 0 nitrogen and oxygen atoms in total. The van der Waals surface area contributed by atoms with Crippen LogP contribution < -0.4 is 0 Å². The molecule has 1 rings (SSSR count). The molecule has 0 aromatic heterocycles. The lowest BCUT2D eigenvalue weighted by Crippen LogP contribution is -2.23. The quantitative estimate of drug-likeness (QED) is 0.541. The summed E-state index contributed by atoms with van der Waals surface area (Å²) < 4.78 is 0. The van der Waals surface area contributed by atoms with Gasteiger partial charge in [0, 0.05) is 0 Å². The predicted molar refractivity (Wildman–Crippen MR) is 88.8 cm³/mol. The van der Waals surface area contributed by atoms with E-state index in [1.807, 2.05) is 0 Å². The van der Waals surface area contributed by atoms with Gasteiger partial charge in [-0.3, -0.25) is 0 Å². The molecular weight excluding hydrogens is 243 g/mol.